The lowest BCUT2D eigenvalue weighted by molar-refractivity contribution is -0.0121. The number of likely N-dealkylation sites (tertiary alicyclic amines) is 1. The molecule has 3 rings (SSSR count). The lowest BCUT2D eigenvalue weighted by Gasteiger charge is -2.43. The molecule has 1 unspecified atom stereocenters. The maximum atomic E-state index is 5.53. The van der Waals surface area contributed by atoms with Crippen LogP contribution in [-0.4, -0.2) is 85.8 Å². The first-order chi connectivity index (χ1) is 10.3. The van der Waals surface area contributed by atoms with E-state index >= 15 is 0 Å². The Morgan fingerprint density at radius 1 is 1.24 bits per heavy atom. The van der Waals surface area contributed by atoms with E-state index in [1.54, 1.807) is 0 Å². The molecule has 3 heterocycles. The van der Waals surface area contributed by atoms with Crippen molar-refractivity contribution in [2.45, 2.75) is 24.8 Å². The Kier molecular flexibility index (Phi) is 5.29. The van der Waals surface area contributed by atoms with Gasteiger partial charge in [0, 0.05) is 51.1 Å². The van der Waals surface area contributed by atoms with Crippen molar-refractivity contribution in [3.05, 3.63) is 0 Å². The van der Waals surface area contributed by atoms with Gasteiger partial charge in [-0.15, -0.1) is 0 Å². The van der Waals surface area contributed by atoms with Gasteiger partial charge in [0.25, 0.3) is 0 Å². The first-order valence-corrected chi connectivity index (χ1v) is 9.36. The van der Waals surface area contributed by atoms with Gasteiger partial charge in [-0.25, -0.2) is 0 Å². The van der Waals surface area contributed by atoms with E-state index in [0.29, 0.717) is 5.54 Å². The minimum Gasteiger partial charge on any atom is -0.379 e. The number of aliphatic imine (C=N–C) groups is 1. The van der Waals surface area contributed by atoms with Crippen LogP contribution >= 0.6 is 11.8 Å². The van der Waals surface area contributed by atoms with E-state index in [2.05, 4.69) is 31.9 Å². The second-order valence-electron chi connectivity index (χ2n) is 6.22. The van der Waals surface area contributed by atoms with Gasteiger partial charge in [0.15, 0.2) is 5.96 Å². The molecule has 0 amide bonds. The van der Waals surface area contributed by atoms with E-state index in [4.69, 9.17) is 4.74 Å². The number of nitrogens with one attached hydrogen (secondary N) is 1. The summed E-state index contributed by atoms with van der Waals surface area (Å²) < 4.78 is 5.53. The standard InChI is InChI=1S/C15H28N4OS/c1-16-14(18-5-2-3-6-18)17-12-15(4-11-21-13-15)19-7-9-20-10-8-19/h2-13H2,1H3,(H,16,17). The van der Waals surface area contributed by atoms with Gasteiger partial charge < -0.3 is 15.0 Å². The highest BCUT2D eigenvalue weighted by Gasteiger charge is 2.40. The topological polar surface area (TPSA) is 40.1 Å². The highest BCUT2D eigenvalue weighted by atomic mass is 32.2. The number of rotatable bonds is 3. The van der Waals surface area contributed by atoms with Crippen LogP contribution in [0.25, 0.3) is 0 Å². The Balaban J connectivity index is 1.61. The fourth-order valence-electron chi connectivity index (χ4n) is 3.64. The molecule has 0 aliphatic carbocycles. The average molecular weight is 312 g/mol. The molecular weight excluding hydrogens is 284 g/mol. The zero-order chi connectivity index (χ0) is 14.5. The van der Waals surface area contributed by atoms with E-state index in [-0.39, 0.29) is 0 Å². The molecule has 5 nitrogen and oxygen atoms in total. The molecule has 1 atom stereocenters. The summed E-state index contributed by atoms with van der Waals surface area (Å²) >= 11 is 2.09. The number of morpholine rings is 1. The van der Waals surface area contributed by atoms with E-state index in [9.17, 15) is 0 Å². The highest BCUT2D eigenvalue weighted by molar-refractivity contribution is 7.99. The summed E-state index contributed by atoms with van der Waals surface area (Å²) in [5.74, 6) is 3.61. The lowest BCUT2D eigenvalue weighted by Crippen LogP contribution is -2.60. The summed E-state index contributed by atoms with van der Waals surface area (Å²) in [6, 6.07) is 0. The van der Waals surface area contributed by atoms with Crippen LogP contribution in [0.2, 0.25) is 0 Å². The fourth-order valence-corrected chi connectivity index (χ4v) is 5.12. The van der Waals surface area contributed by atoms with Gasteiger partial charge in [0.2, 0.25) is 0 Å². The number of ether oxygens (including phenoxy) is 1. The average Bonchev–Trinajstić information content (AvgIpc) is 3.21. The third-order valence-electron chi connectivity index (χ3n) is 4.96. The highest BCUT2D eigenvalue weighted by Crippen LogP contribution is 2.33. The van der Waals surface area contributed by atoms with Gasteiger partial charge in [-0.1, -0.05) is 0 Å². The summed E-state index contributed by atoms with van der Waals surface area (Å²) in [6.45, 7) is 7.23. The number of guanidine groups is 1. The maximum Gasteiger partial charge on any atom is 0.193 e. The van der Waals surface area contributed by atoms with Gasteiger partial charge in [0.05, 0.1) is 13.2 Å². The minimum atomic E-state index is 0.296. The molecule has 0 aromatic rings. The quantitative estimate of drug-likeness (QED) is 0.618. The maximum absolute atomic E-state index is 5.53. The Bertz CT molecular complexity index is 359. The van der Waals surface area contributed by atoms with Crippen LogP contribution in [-0.2, 0) is 4.74 Å². The summed E-state index contributed by atoms with van der Waals surface area (Å²) in [5, 5.41) is 3.67. The van der Waals surface area contributed by atoms with Crippen molar-refractivity contribution in [2.24, 2.45) is 4.99 Å². The fraction of sp³-hybridized carbons (Fsp3) is 0.933. The SMILES string of the molecule is CN=C(NCC1(N2CCOCC2)CCSC1)N1CCCC1. The van der Waals surface area contributed by atoms with Crippen molar-refractivity contribution in [2.75, 3.05) is 64.5 Å². The largest absolute Gasteiger partial charge is 0.379 e. The van der Waals surface area contributed by atoms with Crippen molar-refractivity contribution in [3.63, 3.8) is 0 Å². The molecule has 3 aliphatic rings. The van der Waals surface area contributed by atoms with Crippen molar-refractivity contribution >= 4 is 17.7 Å². The molecular formula is C15H28N4OS. The first kappa shape index (κ1) is 15.4. The number of hydrogen-bond donors (Lipinski definition) is 1. The van der Waals surface area contributed by atoms with Crippen molar-refractivity contribution in [1.29, 1.82) is 0 Å². The Hall–Kier alpha value is -0.460. The smallest absolute Gasteiger partial charge is 0.193 e. The predicted molar refractivity (Wildman–Crippen MR) is 89.2 cm³/mol. The number of nitrogens with zero attached hydrogens (tertiary/aromatic N) is 3. The summed E-state index contributed by atoms with van der Waals surface area (Å²) in [7, 11) is 1.91. The van der Waals surface area contributed by atoms with E-state index in [0.717, 1.165) is 51.9 Å². The molecule has 6 heteroatoms. The van der Waals surface area contributed by atoms with E-state index in [1.807, 2.05) is 7.05 Å². The molecule has 3 fully saturated rings. The molecule has 0 aromatic carbocycles. The molecule has 1 N–H and O–H groups in total. The molecule has 0 aromatic heterocycles. The Morgan fingerprint density at radius 3 is 2.62 bits per heavy atom. The molecule has 0 saturated carbocycles. The summed E-state index contributed by atoms with van der Waals surface area (Å²) in [6.07, 6.45) is 3.87. The van der Waals surface area contributed by atoms with Crippen LogP contribution < -0.4 is 5.32 Å². The zero-order valence-corrected chi connectivity index (χ0v) is 14.0. The predicted octanol–water partition coefficient (Wildman–Crippen LogP) is 0.865. The van der Waals surface area contributed by atoms with Crippen molar-refractivity contribution in [3.8, 4) is 0 Å². The normalized spacial score (nSPS) is 31.9. The van der Waals surface area contributed by atoms with Gasteiger partial charge in [-0.05, 0) is 25.0 Å². The molecule has 21 heavy (non-hydrogen) atoms. The summed E-state index contributed by atoms with van der Waals surface area (Å²) in [4.78, 5) is 9.54. The van der Waals surface area contributed by atoms with Crippen LogP contribution in [0, 0.1) is 0 Å². The molecule has 0 bridgehead atoms. The third-order valence-corrected chi connectivity index (χ3v) is 6.19. The lowest BCUT2D eigenvalue weighted by atomic mass is 9.95. The number of hydrogen-bond acceptors (Lipinski definition) is 4. The van der Waals surface area contributed by atoms with Gasteiger partial charge >= 0.3 is 0 Å². The third kappa shape index (κ3) is 3.48. The Morgan fingerprint density at radius 2 is 2.00 bits per heavy atom. The number of thioether (sulfide) groups is 1. The molecule has 3 aliphatic heterocycles. The second-order valence-corrected chi connectivity index (χ2v) is 7.33. The van der Waals surface area contributed by atoms with E-state index < -0.39 is 0 Å². The van der Waals surface area contributed by atoms with Gasteiger partial charge in [0.1, 0.15) is 0 Å². The molecule has 120 valence electrons. The van der Waals surface area contributed by atoms with Gasteiger partial charge in [-0.3, -0.25) is 9.89 Å². The first-order valence-electron chi connectivity index (χ1n) is 8.20. The monoisotopic (exact) mass is 312 g/mol. The van der Waals surface area contributed by atoms with Crippen LogP contribution in [0.15, 0.2) is 4.99 Å². The van der Waals surface area contributed by atoms with Crippen LogP contribution in [0.4, 0.5) is 0 Å². The van der Waals surface area contributed by atoms with Crippen molar-refractivity contribution in [1.82, 2.24) is 15.1 Å². The van der Waals surface area contributed by atoms with Gasteiger partial charge in [-0.2, -0.15) is 11.8 Å². The second kappa shape index (κ2) is 7.20. The van der Waals surface area contributed by atoms with Crippen LogP contribution in [0.1, 0.15) is 19.3 Å². The molecule has 0 spiro atoms. The zero-order valence-electron chi connectivity index (χ0n) is 13.1. The Labute approximate surface area is 132 Å². The molecule has 3 saturated heterocycles. The summed E-state index contributed by atoms with van der Waals surface area (Å²) in [5.41, 5.74) is 0.296. The molecule has 0 radical (unpaired) electrons. The van der Waals surface area contributed by atoms with Crippen LogP contribution in [0.3, 0.4) is 0 Å². The van der Waals surface area contributed by atoms with E-state index in [1.165, 1.54) is 30.8 Å². The van der Waals surface area contributed by atoms with Crippen LogP contribution in [0.5, 0.6) is 0 Å². The van der Waals surface area contributed by atoms with Crippen molar-refractivity contribution < 1.29 is 4.74 Å². The minimum absolute atomic E-state index is 0.296.